The third-order valence-electron chi connectivity index (χ3n) is 2.08. The van der Waals surface area contributed by atoms with Gasteiger partial charge in [0.1, 0.15) is 5.60 Å². The fourth-order valence-electron chi connectivity index (χ4n) is 1.54. The van der Waals surface area contributed by atoms with Crippen LogP contribution in [0.1, 0.15) is 46.5 Å². The molecule has 0 aromatic carbocycles. The molecule has 0 aliphatic heterocycles. The highest BCUT2D eigenvalue weighted by Crippen LogP contribution is 2.18. The lowest BCUT2D eigenvalue weighted by atomic mass is 10.2. The van der Waals surface area contributed by atoms with E-state index >= 15 is 0 Å². The summed E-state index contributed by atoms with van der Waals surface area (Å²) in [6.45, 7) is 5.63. The van der Waals surface area contributed by atoms with E-state index in [1.165, 1.54) is 12.8 Å². The van der Waals surface area contributed by atoms with Crippen molar-refractivity contribution in [2.45, 2.75) is 58.1 Å². The van der Waals surface area contributed by atoms with E-state index in [0.29, 0.717) is 6.04 Å². The molecule has 1 radical (unpaired) electrons. The fourth-order valence-corrected chi connectivity index (χ4v) is 1.54. The summed E-state index contributed by atoms with van der Waals surface area (Å²) in [6.07, 6.45) is 4.36. The molecule has 6 heteroatoms. The number of hydrogen-bond acceptors (Lipinski definition) is 4. The summed E-state index contributed by atoms with van der Waals surface area (Å²) in [7, 11) is 0. The minimum atomic E-state index is -0.386. The Bertz CT molecular complexity index is 199. The normalized spacial score (nSPS) is 16.1. The van der Waals surface area contributed by atoms with E-state index in [-0.39, 0.29) is 19.4 Å². The molecule has 93 valence electrons. The maximum Gasteiger partial charge on any atom is 0.482 e. The van der Waals surface area contributed by atoms with Crippen molar-refractivity contribution >= 4 is 13.8 Å². The summed E-state index contributed by atoms with van der Waals surface area (Å²) in [5.41, 5.74) is -0.386. The van der Waals surface area contributed by atoms with Gasteiger partial charge in [0.2, 0.25) is 0 Å². The van der Waals surface area contributed by atoms with Crippen molar-refractivity contribution in [2.24, 2.45) is 0 Å². The van der Waals surface area contributed by atoms with Crippen LogP contribution in [0.3, 0.4) is 0 Å². The van der Waals surface area contributed by atoms with Crippen LogP contribution in [-0.4, -0.2) is 35.5 Å². The molecule has 0 atom stereocenters. The van der Waals surface area contributed by atoms with E-state index in [2.05, 4.69) is 5.32 Å². The van der Waals surface area contributed by atoms with Crippen LogP contribution < -0.4 is 5.32 Å². The number of alkyl carbamates (subject to hydrolysis) is 1. The molecule has 3 N–H and O–H groups in total. The zero-order chi connectivity index (χ0) is 12.6. The van der Waals surface area contributed by atoms with Crippen LogP contribution >= 0.6 is 0 Å². The summed E-state index contributed by atoms with van der Waals surface area (Å²) in [5, 5.41) is 16.9. The van der Waals surface area contributed by atoms with Gasteiger partial charge in [0, 0.05) is 6.04 Å². The molecule has 1 saturated carbocycles. The largest absolute Gasteiger partial charge is 0.482 e. The van der Waals surface area contributed by atoms with E-state index in [1.807, 2.05) is 20.8 Å². The molecule has 0 aromatic heterocycles. The molecule has 0 unspecified atom stereocenters. The highest BCUT2D eigenvalue weighted by molar-refractivity contribution is 6.13. The van der Waals surface area contributed by atoms with Crippen LogP contribution in [0.4, 0.5) is 4.79 Å². The van der Waals surface area contributed by atoms with Gasteiger partial charge in [0.25, 0.3) is 0 Å². The summed E-state index contributed by atoms with van der Waals surface area (Å²) in [5.74, 6) is 0. The van der Waals surface area contributed by atoms with Crippen molar-refractivity contribution in [3.8, 4) is 0 Å². The SMILES string of the molecule is CC(C)(C)OC(=O)NC1CCCC1.O[B]O. The van der Waals surface area contributed by atoms with Gasteiger partial charge < -0.3 is 20.1 Å². The van der Waals surface area contributed by atoms with Gasteiger partial charge in [-0.05, 0) is 33.6 Å². The molecule has 1 aliphatic rings. The minimum Gasteiger partial charge on any atom is -0.444 e. The van der Waals surface area contributed by atoms with Crippen LogP contribution in [0, 0.1) is 0 Å². The van der Waals surface area contributed by atoms with Gasteiger partial charge in [-0.3, -0.25) is 0 Å². The number of ether oxygens (including phenoxy) is 1. The second-order valence-corrected chi connectivity index (χ2v) is 4.74. The van der Waals surface area contributed by atoms with Crippen molar-refractivity contribution in [2.75, 3.05) is 0 Å². The Labute approximate surface area is 97.5 Å². The van der Waals surface area contributed by atoms with Crippen LogP contribution in [-0.2, 0) is 4.74 Å². The minimum absolute atomic E-state index is 0. The molecule has 0 saturated heterocycles. The third-order valence-corrected chi connectivity index (χ3v) is 2.08. The van der Waals surface area contributed by atoms with Gasteiger partial charge in [0.15, 0.2) is 0 Å². The molecule has 1 aliphatic carbocycles. The van der Waals surface area contributed by atoms with Crippen LogP contribution in [0.2, 0.25) is 0 Å². The Hall–Kier alpha value is -0.745. The number of carbonyl (C=O) groups excluding carboxylic acids is 1. The zero-order valence-electron chi connectivity index (χ0n) is 10.2. The Kier molecular flexibility index (Phi) is 7.17. The summed E-state index contributed by atoms with van der Waals surface area (Å²) in [4.78, 5) is 11.3. The average Bonchev–Trinajstić information content (AvgIpc) is 2.54. The Morgan fingerprint density at radius 1 is 1.31 bits per heavy atom. The first-order chi connectivity index (χ1) is 7.39. The van der Waals surface area contributed by atoms with E-state index in [1.54, 1.807) is 0 Å². The monoisotopic (exact) mass is 230 g/mol. The van der Waals surface area contributed by atoms with Crippen molar-refractivity contribution in [3.63, 3.8) is 0 Å². The first-order valence-corrected chi connectivity index (χ1v) is 5.48. The van der Waals surface area contributed by atoms with Gasteiger partial charge >= 0.3 is 13.8 Å². The first-order valence-electron chi connectivity index (χ1n) is 5.48. The molecule has 0 heterocycles. The predicted molar refractivity (Wildman–Crippen MR) is 61.8 cm³/mol. The summed E-state index contributed by atoms with van der Waals surface area (Å²) in [6, 6.07) is 0.342. The standard InChI is InChI=1S/C10H19NO2.BH2O2/c1-10(2,3)13-9(12)11-8-6-4-5-7-8;2-1-3/h8H,4-7H2,1-3H3,(H,11,12);2-3H. The van der Waals surface area contributed by atoms with E-state index in [0.717, 1.165) is 12.8 Å². The van der Waals surface area contributed by atoms with E-state index in [4.69, 9.17) is 14.8 Å². The van der Waals surface area contributed by atoms with E-state index in [9.17, 15) is 4.79 Å². The highest BCUT2D eigenvalue weighted by Gasteiger charge is 2.21. The molecule has 5 nitrogen and oxygen atoms in total. The Balaban J connectivity index is 0.000000673. The second kappa shape index (κ2) is 7.52. The molecule has 0 spiro atoms. The summed E-state index contributed by atoms with van der Waals surface area (Å²) >= 11 is 0. The number of nitrogens with one attached hydrogen (secondary N) is 1. The molecular weight excluding hydrogens is 209 g/mol. The second-order valence-electron chi connectivity index (χ2n) is 4.74. The van der Waals surface area contributed by atoms with Crippen molar-refractivity contribution in [1.29, 1.82) is 0 Å². The van der Waals surface area contributed by atoms with Crippen molar-refractivity contribution in [3.05, 3.63) is 0 Å². The molecule has 0 bridgehead atoms. The molecule has 1 fully saturated rings. The fraction of sp³-hybridized carbons (Fsp3) is 0.900. The average molecular weight is 230 g/mol. The van der Waals surface area contributed by atoms with Gasteiger partial charge in [-0.15, -0.1) is 0 Å². The van der Waals surface area contributed by atoms with E-state index < -0.39 is 0 Å². The maximum atomic E-state index is 11.3. The van der Waals surface area contributed by atoms with Crippen LogP contribution in [0.5, 0.6) is 0 Å². The quantitative estimate of drug-likeness (QED) is 0.586. The lowest BCUT2D eigenvalue weighted by molar-refractivity contribution is 0.0505. The number of amides is 1. The van der Waals surface area contributed by atoms with Gasteiger partial charge in [0.05, 0.1) is 0 Å². The molecule has 1 rings (SSSR count). The molecular formula is C10H21BNO4. The van der Waals surface area contributed by atoms with Crippen molar-refractivity contribution in [1.82, 2.24) is 5.32 Å². The summed E-state index contributed by atoms with van der Waals surface area (Å²) < 4.78 is 5.15. The number of carbonyl (C=O) groups is 1. The lowest BCUT2D eigenvalue weighted by Gasteiger charge is -2.21. The van der Waals surface area contributed by atoms with Crippen molar-refractivity contribution < 1.29 is 19.6 Å². The molecule has 0 aromatic rings. The van der Waals surface area contributed by atoms with Crippen LogP contribution in [0.25, 0.3) is 0 Å². The number of rotatable bonds is 1. The topological polar surface area (TPSA) is 78.8 Å². The Morgan fingerprint density at radius 3 is 2.12 bits per heavy atom. The van der Waals surface area contributed by atoms with Gasteiger partial charge in [-0.25, -0.2) is 4.79 Å². The van der Waals surface area contributed by atoms with Gasteiger partial charge in [-0.1, -0.05) is 12.8 Å². The van der Waals surface area contributed by atoms with Crippen LogP contribution in [0.15, 0.2) is 0 Å². The third kappa shape index (κ3) is 8.55. The predicted octanol–water partition coefficient (Wildman–Crippen LogP) is 0.959. The molecule has 1 amide bonds. The zero-order valence-corrected chi connectivity index (χ0v) is 10.2. The first kappa shape index (κ1) is 15.3. The lowest BCUT2D eigenvalue weighted by Crippen LogP contribution is -2.37. The highest BCUT2D eigenvalue weighted by atomic mass is 16.6. The Morgan fingerprint density at radius 2 is 1.75 bits per heavy atom. The van der Waals surface area contributed by atoms with Gasteiger partial charge in [-0.2, -0.15) is 0 Å². The molecule has 16 heavy (non-hydrogen) atoms. The smallest absolute Gasteiger partial charge is 0.444 e. The number of hydrogen-bond donors (Lipinski definition) is 3. The maximum absolute atomic E-state index is 11.3.